The second kappa shape index (κ2) is 16.1. The van der Waals surface area contributed by atoms with Gasteiger partial charge < -0.3 is 9.32 Å². The summed E-state index contributed by atoms with van der Waals surface area (Å²) in [5.74, 6) is 0. The Kier molecular flexibility index (Phi) is 9.57. The number of anilines is 3. The van der Waals surface area contributed by atoms with Crippen molar-refractivity contribution in [2.45, 2.75) is 0 Å². The Morgan fingerprint density at radius 2 is 0.694 bits per heavy atom. The first kappa shape index (κ1) is 36.8. The second-order valence-corrected chi connectivity index (χ2v) is 15.7. The first-order valence-corrected chi connectivity index (χ1v) is 21.2. The van der Waals surface area contributed by atoms with Crippen molar-refractivity contribution in [2.24, 2.45) is 0 Å². The van der Waals surface area contributed by atoms with Gasteiger partial charge in [-0.1, -0.05) is 194 Å². The highest BCUT2D eigenvalue weighted by molar-refractivity contribution is 6.13. The van der Waals surface area contributed by atoms with Gasteiger partial charge in [0.05, 0.1) is 5.69 Å². The van der Waals surface area contributed by atoms with E-state index in [-0.39, 0.29) is 0 Å². The molecule has 1 aromatic heterocycles. The number of hydrogen-bond donors (Lipinski definition) is 0. The summed E-state index contributed by atoms with van der Waals surface area (Å²) in [4.78, 5) is 2.39. The van der Waals surface area contributed by atoms with Crippen molar-refractivity contribution < 1.29 is 4.42 Å². The van der Waals surface area contributed by atoms with Gasteiger partial charge in [-0.25, -0.2) is 0 Å². The Labute approximate surface area is 362 Å². The van der Waals surface area contributed by atoms with E-state index in [9.17, 15) is 0 Å². The summed E-state index contributed by atoms with van der Waals surface area (Å²) in [5.41, 5.74) is 19.1. The van der Waals surface area contributed by atoms with E-state index in [0.29, 0.717) is 0 Å². The molecule has 0 amide bonds. The molecule has 10 aromatic carbocycles. The van der Waals surface area contributed by atoms with Crippen molar-refractivity contribution in [2.75, 3.05) is 4.90 Å². The summed E-state index contributed by atoms with van der Waals surface area (Å²) in [5, 5.41) is 2.27. The van der Waals surface area contributed by atoms with Gasteiger partial charge in [0.1, 0.15) is 11.2 Å². The number of para-hydroxylation sites is 1. The minimum atomic E-state index is 0.895. The Morgan fingerprint density at radius 1 is 0.258 bits per heavy atom. The minimum Gasteiger partial charge on any atom is -0.456 e. The average molecular weight is 792 g/mol. The molecule has 0 spiro atoms. The first-order chi connectivity index (χ1) is 30.7. The number of rotatable bonds is 9. The van der Waals surface area contributed by atoms with Gasteiger partial charge in [0.15, 0.2) is 0 Å². The predicted octanol–water partition coefficient (Wildman–Crippen LogP) is 17.1. The lowest BCUT2D eigenvalue weighted by molar-refractivity contribution is 0.669. The van der Waals surface area contributed by atoms with Gasteiger partial charge in [0, 0.05) is 27.7 Å². The summed E-state index contributed by atoms with van der Waals surface area (Å²) in [6, 6.07) is 89.1. The maximum Gasteiger partial charge on any atom is 0.136 e. The Morgan fingerprint density at radius 3 is 1.31 bits per heavy atom. The van der Waals surface area contributed by atoms with E-state index >= 15 is 0 Å². The van der Waals surface area contributed by atoms with Crippen LogP contribution in [-0.4, -0.2) is 0 Å². The lowest BCUT2D eigenvalue weighted by Crippen LogP contribution is -2.11. The van der Waals surface area contributed by atoms with Crippen LogP contribution in [0.4, 0.5) is 17.1 Å². The van der Waals surface area contributed by atoms with E-state index in [2.05, 4.69) is 241 Å². The number of benzene rings is 10. The van der Waals surface area contributed by atoms with Crippen LogP contribution in [0, 0.1) is 0 Å². The van der Waals surface area contributed by atoms with E-state index in [1.807, 2.05) is 12.1 Å². The molecular formula is C60H41NO. The molecule has 0 aliphatic heterocycles. The molecule has 11 rings (SSSR count). The Hall–Kier alpha value is -8.20. The lowest BCUT2D eigenvalue weighted by atomic mass is 9.89. The average Bonchev–Trinajstić information content (AvgIpc) is 3.75. The molecule has 11 aromatic rings. The molecule has 62 heavy (non-hydrogen) atoms. The third kappa shape index (κ3) is 6.94. The zero-order chi connectivity index (χ0) is 41.2. The largest absolute Gasteiger partial charge is 0.456 e. The Bertz CT molecular complexity index is 3300. The summed E-state index contributed by atoms with van der Waals surface area (Å²) in [6.07, 6.45) is 0. The van der Waals surface area contributed by atoms with Crippen molar-refractivity contribution >= 4 is 39.0 Å². The standard InChI is InChI=1S/C60H41NO/c1-5-16-42(17-6-1)44-28-34-50(35-29-44)61(57-39-33-49(43-18-7-2-8-19-43)41-56(57)47-22-11-4-12-23-47)51-36-30-45(31-37-51)48-32-38-52(55(40-48)46-20-9-3-10-21-46)53-25-15-27-59-60(53)54-24-13-14-26-58(54)62-59/h1-41H. The van der Waals surface area contributed by atoms with Crippen molar-refractivity contribution in [3.63, 3.8) is 0 Å². The smallest absolute Gasteiger partial charge is 0.136 e. The van der Waals surface area contributed by atoms with Crippen LogP contribution in [0.3, 0.4) is 0 Å². The van der Waals surface area contributed by atoms with E-state index in [1.54, 1.807) is 0 Å². The number of nitrogens with zero attached hydrogens (tertiary/aromatic N) is 1. The van der Waals surface area contributed by atoms with Crippen molar-refractivity contribution in [3.8, 4) is 66.8 Å². The molecule has 0 aliphatic carbocycles. The fraction of sp³-hybridized carbons (Fsp3) is 0. The van der Waals surface area contributed by atoms with E-state index in [0.717, 1.165) is 66.8 Å². The molecule has 0 atom stereocenters. The van der Waals surface area contributed by atoms with Crippen LogP contribution in [0.25, 0.3) is 88.7 Å². The van der Waals surface area contributed by atoms with Gasteiger partial charge in [-0.15, -0.1) is 0 Å². The number of hydrogen-bond acceptors (Lipinski definition) is 2. The molecule has 1 heterocycles. The highest BCUT2D eigenvalue weighted by atomic mass is 16.3. The van der Waals surface area contributed by atoms with Gasteiger partial charge >= 0.3 is 0 Å². The van der Waals surface area contributed by atoms with Gasteiger partial charge in [-0.2, -0.15) is 0 Å². The molecule has 0 unspecified atom stereocenters. The summed E-state index contributed by atoms with van der Waals surface area (Å²) in [7, 11) is 0. The van der Waals surface area contributed by atoms with E-state index in [1.165, 1.54) is 38.9 Å². The first-order valence-electron chi connectivity index (χ1n) is 21.2. The van der Waals surface area contributed by atoms with Gasteiger partial charge in [0.2, 0.25) is 0 Å². The fourth-order valence-corrected chi connectivity index (χ4v) is 8.87. The summed E-state index contributed by atoms with van der Waals surface area (Å²) in [6.45, 7) is 0. The summed E-state index contributed by atoms with van der Waals surface area (Å²) < 4.78 is 6.33. The van der Waals surface area contributed by atoms with Crippen LogP contribution in [0.2, 0.25) is 0 Å². The lowest BCUT2D eigenvalue weighted by Gasteiger charge is -2.29. The van der Waals surface area contributed by atoms with Gasteiger partial charge in [-0.05, 0) is 116 Å². The normalized spacial score (nSPS) is 11.2. The van der Waals surface area contributed by atoms with Crippen LogP contribution < -0.4 is 4.90 Å². The molecule has 0 bridgehead atoms. The van der Waals surface area contributed by atoms with Crippen molar-refractivity contribution in [1.82, 2.24) is 0 Å². The molecule has 292 valence electrons. The number of fused-ring (bicyclic) bond motifs is 3. The van der Waals surface area contributed by atoms with Crippen LogP contribution >= 0.6 is 0 Å². The summed E-state index contributed by atoms with van der Waals surface area (Å²) >= 11 is 0. The van der Waals surface area contributed by atoms with Gasteiger partial charge in [0.25, 0.3) is 0 Å². The molecule has 2 heteroatoms. The topological polar surface area (TPSA) is 16.4 Å². The van der Waals surface area contributed by atoms with Crippen molar-refractivity contribution in [3.05, 3.63) is 249 Å². The molecule has 0 saturated heterocycles. The van der Waals surface area contributed by atoms with Crippen LogP contribution in [0.1, 0.15) is 0 Å². The zero-order valence-electron chi connectivity index (χ0n) is 34.0. The molecule has 2 nitrogen and oxygen atoms in total. The maximum atomic E-state index is 6.33. The monoisotopic (exact) mass is 791 g/mol. The van der Waals surface area contributed by atoms with Crippen LogP contribution in [0.5, 0.6) is 0 Å². The molecule has 0 N–H and O–H groups in total. The molecule has 0 saturated carbocycles. The van der Waals surface area contributed by atoms with Gasteiger partial charge in [-0.3, -0.25) is 0 Å². The molecule has 0 aliphatic rings. The van der Waals surface area contributed by atoms with E-state index in [4.69, 9.17) is 4.42 Å². The predicted molar refractivity (Wildman–Crippen MR) is 261 cm³/mol. The molecule has 0 fully saturated rings. The third-order valence-electron chi connectivity index (χ3n) is 11.9. The van der Waals surface area contributed by atoms with Crippen LogP contribution in [-0.2, 0) is 0 Å². The third-order valence-corrected chi connectivity index (χ3v) is 11.9. The maximum absolute atomic E-state index is 6.33. The minimum absolute atomic E-state index is 0.895. The van der Waals surface area contributed by atoms with Crippen LogP contribution in [0.15, 0.2) is 253 Å². The van der Waals surface area contributed by atoms with Crippen molar-refractivity contribution in [1.29, 1.82) is 0 Å². The fourth-order valence-electron chi connectivity index (χ4n) is 8.87. The molecule has 0 radical (unpaired) electrons. The zero-order valence-corrected chi connectivity index (χ0v) is 34.0. The highest BCUT2D eigenvalue weighted by Crippen LogP contribution is 2.45. The van der Waals surface area contributed by atoms with E-state index < -0.39 is 0 Å². The SMILES string of the molecule is c1ccc(-c2ccc(N(c3ccc(-c4ccc(-c5cccc6oc7ccccc7c56)c(-c5ccccc5)c4)cc3)c3ccc(-c4ccccc4)cc3-c3ccccc3)cc2)cc1. The quantitative estimate of drug-likeness (QED) is 0.145. The highest BCUT2D eigenvalue weighted by Gasteiger charge is 2.20. The number of furan rings is 1. The second-order valence-electron chi connectivity index (χ2n) is 15.7. The molecular weight excluding hydrogens is 751 g/mol. The Balaban J connectivity index is 1.04.